The minimum Gasteiger partial charge on any atom is -0.378 e. The molecule has 0 fully saturated rings. The minimum atomic E-state index is -2.68. The molecule has 5 N–H and O–H groups in total. The first-order valence-corrected chi connectivity index (χ1v) is 10.8. The number of carbonyl (C=O) groups is 2. The molecule has 2 unspecified atom stereocenters. The highest BCUT2D eigenvalue weighted by Crippen LogP contribution is 2.32. The number of alkyl halides is 2. The molecule has 3 aromatic rings. The third kappa shape index (κ3) is 6.39. The molecule has 0 aliphatic rings. The first-order valence-electron chi connectivity index (χ1n) is 10.8. The summed E-state index contributed by atoms with van der Waals surface area (Å²) >= 11 is 0. The lowest BCUT2D eigenvalue weighted by molar-refractivity contribution is -0.132. The Balaban J connectivity index is 1.62. The third-order valence-electron chi connectivity index (χ3n) is 5.59. The fourth-order valence-corrected chi connectivity index (χ4v) is 3.45. The van der Waals surface area contributed by atoms with Crippen LogP contribution in [0.5, 0.6) is 0 Å². The summed E-state index contributed by atoms with van der Waals surface area (Å²) in [6.07, 6.45) is -1.88. The minimum absolute atomic E-state index is 0.160. The van der Waals surface area contributed by atoms with E-state index in [-0.39, 0.29) is 17.1 Å². The number of H-pyrrole nitrogens is 1. The Kier molecular flexibility index (Phi) is 7.98. The molecule has 1 heterocycles. The van der Waals surface area contributed by atoms with Crippen molar-refractivity contribution in [2.24, 2.45) is 0 Å². The summed E-state index contributed by atoms with van der Waals surface area (Å²) in [6.45, 7) is 2.43. The van der Waals surface area contributed by atoms with Crippen LogP contribution in [0.4, 0.5) is 29.1 Å². The van der Waals surface area contributed by atoms with E-state index in [9.17, 15) is 32.3 Å². The van der Waals surface area contributed by atoms with Gasteiger partial charge < -0.3 is 21.1 Å². The maximum atomic E-state index is 13.4. The van der Waals surface area contributed by atoms with Crippen LogP contribution in [0, 0.1) is 11.6 Å². The van der Waals surface area contributed by atoms with Crippen LogP contribution in [0.25, 0.3) is 0 Å². The molecule has 2 amide bonds. The van der Waals surface area contributed by atoms with Gasteiger partial charge >= 0.3 is 6.55 Å². The number of aromatic amines is 1. The number of rotatable bonds is 9. The average Bonchev–Trinajstić information content (AvgIpc) is 3.27. The van der Waals surface area contributed by atoms with Gasteiger partial charge in [-0.15, -0.1) is 0 Å². The normalized spacial score (nSPS) is 13.2. The van der Waals surface area contributed by atoms with E-state index < -0.39 is 47.6 Å². The predicted molar refractivity (Wildman–Crippen MR) is 124 cm³/mol. The van der Waals surface area contributed by atoms with E-state index in [1.54, 1.807) is 18.2 Å². The Morgan fingerprint density at radius 1 is 1.00 bits per heavy atom. The molecular formula is C24H25F4N5O3. The van der Waals surface area contributed by atoms with E-state index in [2.05, 4.69) is 20.8 Å². The van der Waals surface area contributed by atoms with Gasteiger partial charge in [0, 0.05) is 28.9 Å². The lowest BCUT2D eigenvalue weighted by Crippen LogP contribution is -2.43. The number of amides is 2. The maximum absolute atomic E-state index is 13.4. The Labute approximate surface area is 204 Å². The zero-order valence-electron chi connectivity index (χ0n) is 19.6. The van der Waals surface area contributed by atoms with Crippen LogP contribution in [-0.4, -0.2) is 39.7 Å². The zero-order chi connectivity index (χ0) is 26.6. The molecule has 36 heavy (non-hydrogen) atoms. The number of carbonyl (C=O) groups excluding carboxylic acids is 2. The molecule has 0 aliphatic carbocycles. The van der Waals surface area contributed by atoms with Gasteiger partial charge in [-0.3, -0.25) is 14.7 Å². The largest absolute Gasteiger partial charge is 0.378 e. The highest BCUT2D eigenvalue weighted by molar-refractivity contribution is 5.97. The fraction of sp³-hybridized carbons (Fsp3) is 0.292. The Morgan fingerprint density at radius 3 is 2.19 bits per heavy atom. The number of aliphatic hydroxyl groups excluding tert-OH is 1. The van der Waals surface area contributed by atoms with Crippen LogP contribution in [0.2, 0.25) is 0 Å². The third-order valence-corrected chi connectivity index (χ3v) is 5.59. The van der Waals surface area contributed by atoms with Crippen molar-refractivity contribution in [2.75, 3.05) is 10.6 Å². The Bertz CT molecular complexity index is 1210. The van der Waals surface area contributed by atoms with Crippen molar-refractivity contribution in [3.8, 4) is 0 Å². The molecule has 12 heteroatoms. The molecule has 0 spiro atoms. The van der Waals surface area contributed by atoms with Gasteiger partial charge in [-0.05, 0) is 42.3 Å². The van der Waals surface area contributed by atoms with Crippen LogP contribution in [0.15, 0.2) is 48.5 Å². The molecule has 0 saturated carbocycles. The SMILES string of the molecule is CC(NC(=O)C(O)c1cc(F)cc(F)c1)C(=O)Nc1cc(C(C)(C)c2ccc(NC(F)F)cc2)[nH]n1. The first-order chi connectivity index (χ1) is 16.9. The van der Waals surface area contributed by atoms with Crippen molar-refractivity contribution in [1.29, 1.82) is 0 Å². The number of nitrogens with one attached hydrogen (secondary N) is 4. The second-order valence-electron chi connectivity index (χ2n) is 8.64. The number of hydrogen-bond donors (Lipinski definition) is 5. The molecular weight excluding hydrogens is 482 g/mol. The van der Waals surface area contributed by atoms with Crippen molar-refractivity contribution >= 4 is 23.3 Å². The molecule has 3 rings (SSSR count). The van der Waals surface area contributed by atoms with E-state index in [1.807, 2.05) is 19.2 Å². The van der Waals surface area contributed by atoms with Gasteiger partial charge in [-0.25, -0.2) is 8.78 Å². The molecule has 8 nitrogen and oxygen atoms in total. The first kappa shape index (κ1) is 26.7. The van der Waals surface area contributed by atoms with Crippen LogP contribution < -0.4 is 16.0 Å². The Hall–Kier alpha value is -3.93. The molecule has 192 valence electrons. The van der Waals surface area contributed by atoms with Crippen LogP contribution >= 0.6 is 0 Å². The van der Waals surface area contributed by atoms with E-state index in [0.29, 0.717) is 11.8 Å². The van der Waals surface area contributed by atoms with Crippen LogP contribution in [-0.2, 0) is 15.0 Å². The number of aromatic nitrogens is 2. The monoisotopic (exact) mass is 507 g/mol. The van der Waals surface area contributed by atoms with Gasteiger partial charge in [0.1, 0.15) is 17.7 Å². The highest BCUT2D eigenvalue weighted by Gasteiger charge is 2.27. The molecule has 1 aromatic heterocycles. The summed E-state index contributed by atoms with van der Waals surface area (Å²) in [7, 11) is 0. The number of aliphatic hydroxyl groups is 1. The average molecular weight is 507 g/mol. The van der Waals surface area contributed by atoms with Gasteiger partial charge in [-0.2, -0.15) is 13.9 Å². The van der Waals surface area contributed by atoms with E-state index >= 15 is 0 Å². The summed E-state index contributed by atoms with van der Waals surface area (Å²) in [5.41, 5.74) is 0.768. The van der Waals surface area contributed by atoms with E-state index in [0.717, 1.165) is 17.7 Å². The summed E-state index contributed by atoms with van der Waals surface area (Å²) in [5.74, 6) is -3.43. The lowest BCUT2D eigenvalue weighted by Gasteiger charge is -2.24. The summed E-state index contributed by atoms with van der Waals surface area (Å²) in [5, 5.41) is 23.8. The van der Waals surface area contributed by atoms with Gasteiger partial charge in [0.05, 0.1) is 0 Å². The number of halogens is 4. The topological polar surface area (TPSA) is 119 Å². The molecule has 0 bridgehead atoms. The molecule has 0 aliphatic heterocycles. The van der Waals surface area contributed by atoms with Gasteiger partial charge in [0.25, 0.3) is 5.91 Å². The van der Waals surface area contributed by atoms with Gasteiger partial charge in [0.2, 0.25) is 5.91 Å². The standard InChI is InChI=1S/C24H25F4N5O3/c1-12(29-22(36)20(34)13-8-15(25)10-16(26)9-13)21(35)31-19-11-18(32-33-19)24(2,3)14-4-6-17(7-5-14)30-23(27)28/h4-12,20,23,30,34H,1-3H3,(H,29,36)(H2,31,32,33,35). The molecule has 0 saturated heterocycles. The van der Waals surface area contributed by atoms with Crippen molar-refractivity contribution in [2.45, 2.75) is 44.9 Å². The van der Waals surface area contributed by atoms with Crippen LogP contribution in [0.3, 0.4) is 0 Å². The van der Waals surface area contributed by atoms with Crippen LogP contribution in [0.1, 0.15) is 43.7 Å². The summed E-state index contributed by atoms with van der Waals surface area (Å²) in [4.78, 5) is 24.8. The van der Waals surface area contributed by atoms with Crippen molar-refractivity contribution < 1.29 is 32.3 Å². The van der Waals surface area contributed by atoms with Gasteiger partial charge in [-0.1, -0.05) is 26.0 Å². The van der Waals surface area contributed by atoms with Gasteiger partial charge in [0.15, 0.2) is 11.9 Å². The van der Waals surface area contributed by atoms with Crippen molar-refractivity contribution in [3.63, 3.8) is 0 Å². The molecule has 0 radical (unpaired) electrons. The van der Waals surface area contributed by atoms with Crippen molar-refractivity contribution in [3.05, 3.63) is 77.0 Å². The maximum Gasteiger partial charge on any atom is 0.312 e. The molecule has 2 aromatic carbocycles. The number of hydrogen-bond acceptors (Lipinski definition) is 5. The highest BCUT2D eigenvalue weighted by atomic mass is 19.3. The smallest absolute Gasteiger partial charge is 0.312 e. The van der Waals surface area contributed by atoms with E-state index in [4.69, 9.17) is 0 Å². The second kappa shape index (κ2) is 10.8. The number of benzene rings is 2. The Morgan fingerprint density at radius 2 is 1.61 bits per heavy atom. The second-order valence-corrected chi connectivity index (χ2v) is 8.64. The predicted octanol–water partition coefficient (Wildman–Crippen LogP) is 3.83. The fourth-order valence-electron chi connectivity index (χ4n) is 3.45. The number of anilines is 2. The summed E-state index contributed by atoms with van der Waals surface area (Å²) in [6, 6.07) is 9.13. The van der Waals surface area contributed by atoms with E-state index in [1.165, 1.54) is 19.1 Å². The van der Waals surface area contributed by atoms with Crippen molar-refractivity contribution in [1.82, 2.24) is 15.5 Å². The molecule has 2 atom stereocenters. The zero-order valence-corrected chi connectivity index (χ0v) is 19.6. The summed E-state index contributed by atoms with van der Waals surface area (Å²) < 4.78 is 51.7. The quantitative estimate of drug-likeness (QED) is 0.223. The number of nitrogens with zero attached hydrogens (tertiary/aromatic N) is 1. The lowest BCUT2D eigenvalue weighted by atomic mass is 9.81.